The van der Waals surface area contributed by atoms with Gasteiger partial charge in [-0.2, -0.15) is 0 Å². The van der Waals surface area contributed by atoms with Gasteiger partial charge in [0.15, 0.2) is 0 Å². The van der Waals surface area contributed by atoms with Crippen molar-refractivity contribution in [2.75, 3.05) is 19.8 Å². The van der Waals surface area contributed by atoms with Crippen LogP contribution in [0, 0.1) is 34.0 Å². The molecular weight excluding hydrogens is 436 g/mol. The van der Waals surface area contributed by atoms with Crippen LogP contribution in [-0.2, 0) is 33.3 Å². The minimum atomic E-state index is -0.505. The minimum absolute atomic E-state index is 0.00141. The first-order chi connectivity index (χ1) is 15.8. The first-order valence-corrected chi connectivity index (χ1v) is 12.9. The zero-order valence-electron chi connectivity index (χ0n) is 22.1. The third-order valence-electron chi connectivity index (χ3n) is 8.09. The Morgan fingerprint density at radius 2 is 1.74 bits per heavy atom. The SMILES string of the molecule is CCC1CC2CC(C1)C(OCC(=O)OCCOC(=O)C1(CC(C)(C)C)CC1(C)C)C(C)OC2=O. The molecular formula is C27H44O7. The molecule has 7 nitrogen and oxygen atoms in total. The Bertz CT molecular complexity index is 767. The summed E-state index contributed by atoms with van der Waals surface area (Å²) in [5.74, 6) is -0.249. The fourth-order valence-electron chi connectivity index (χ4n) is 6.25. The van der Waals surface area contributed by atoms with Gasteiger partial charge < -0.3 is 18.9 Å². The van der Waals surface area contributed by atoms with Crippen LogP contribution in [0.3, 0.4) is 0 Å². The molecule has 2 saturated carbocycles. The van der Waals surface area contributed by atoms with Gasteiger partial charge in [0.05, 0.1) is 17.4 Å². The number of cyclic esters (lactones) is 1. The second kappa shape index (κ2) is 10.2. The molecule has 6 unspecified atom stereocenters. The van der Waals surface area contributed by atoms with Crippen LogP contribution < -0.4 is 0 Å². The molecule has 2 bridgehead atoms. The van der Waals surface area contributed by atoms with Crippen molar-refractivity contribution in [3.63, 3.8) is 0 Å². The van der Waals surface area contributed by atoms with Gasteiger partial charge in [0.1, 0.15) is 25.9 Å². The Balaban J connectivity index is 1.43. The average molecular weight is 481 g/mol. The summed E-state index contributed by atoms with van der Waals surface area (Å²) in [5.41, 5.74) is -0.509. The van der Waals surface area contributed by atoms with E-state index in [1.165, 1.54) is 0 Å². The van der Waals surface area contributed by atoms with Gasteiger partial charge in [-0.3, -0.25) is 9.59 Å². The smallest absolute Gasteiger partial charge is 0.332 e. The Morgan fingerprint density at radius 3 is 2.32 bits per heavy atom. The molecule has 3 aliphatic rings. The average Bonchev–Trinajstić information content (AvgIpc) is 3.31. The van der Waals surface area contributed by atoms with Gasteiger partial charge in [0.2, 0.25) is 0 Å². The Hall–Kier alpha value is -1.63. The lowest BCUT2D eigenvalue weighted by atomic mass is 9.72. The van der Waals surface area contributed by atoms with Crippen molar-refractivity contribution in [3.05, 3.63) is 0 Å². The van der Waals surface area contributed by atoms with E-state index in [4.69, 9.17) is 18.9 Å². The third kappa shape index (κ3) is 6.13. The maximum absolute atomic E-state index is 12.8. The van der Waals surface area contributed by atoms with E-state index >= 15 is 0 Å². The predicted molar refractivity (Wildman–Crippen MR) is 127 cm³/mol. The first kappa shape index (κ1) is 27.0. The Kier molecular flexibility index (Phi) is 8.06. The maximum atomic E-state index is 12.8. The number of fused-ring (bicyclic) bond motifs is 2. The molecule has 0 N–H and O–H groups in total. The highest BCUT2D eigenvalue weighted by Crippen LogP contribution is 2.68. The number of ether oxygens (including phenoxy) is 4. The zero-order valence-corrected chi connectivity index (χ0v) is 22.1. The Labute approximate surface area is 204 Å². The molecule has 0 aromatic carbocycles. The summed E-state index contributed by atoms with van der Waals surface area (Å²) >= 11 is 0. The normalized spacial score (nSPS) is 34.6. The van der Waals surface area contributed by atoms with E-state index in [-0.39, 0.29) is 60.5 Å². The largest absolute Gasteiger partial charge is 0.462 e. The van der Waals surface area contributed by atoms with Gasteiger partial charge in [-0.25, -0.2) is 4.79 Å². The third-order valence-corrected chi connectivity index (χ3v) is 8.09. The van der Waals surface area contributed by atoms with Crippen LogP contribution in [0.25, 0.3) is 0 Å². The lowest BCUT2D eigenvalue weighted by Crippen LogP contribution is -2.38. The molecule has 1 heterocycles. The van der Waals surface area contributed by atoms with E-state index in [0.717, 1.165) is 38.5 Å². The summed E-state index contributed by atoms with van der Waals surface area (Å²) in [5, 5.41) is 0. The first-order valence-electron chi connectivity index (χ1n) is 12.9. The lowest BCUT2D eigenvalue weighted by molar-refractivity contribution is -0.166. The number of carbonyl (C=O) groups excluding carboxylic acids is 3. The van der Waals surface area contributed by atoms with Crippen LogP contribution in [0.4, 0.5) is 0 Å². The monoisotopic (exact) mass is 480 g/mol. The van der Waals surface area contributed by atoms with E-state index in [1.54, 1.807) is 0 Å². The molecule has 3 fully saturated rings. The molecule has 3 rings (SSSR count). The topological polar surface area (TPSA) is 88.1 Å². The highest BCUT2D eigenvalue weighted by molar-refractivity contribution is 5.82. The van der Waals surface area contributed by atoms with Crippen LogP contribution in [0.5, 0.6) is 0 Å². The van der Waals surface area contributed by atoms with Crippen molar-refractivity contribution in [1.82, 2.24) is 0 Å². The molecule has 2 aliphatic carbocycles. The van der Waals surface area contributed by atoms with Crippen LogP contribution >= 0.6 is 0 Å². The van der Waals surface area contributed by atoms with E-state index in [1.807, 2.05) is 6.92 Å². The minimum Gasteiger partial charge on any atom is -0.462 e. The van der Waals surface area contributed by atoms with Crippen molar-refractivity contribution in [3.8, 4) is 0 Å². The van der Waals surface area contributed by atoms with Crippen molar-refractivity contribution in [1.29, 1.82) is 0 Å². The van der Waals surface area contributed by atoms with Gasteiger partial charge in [-0.1, -0.05) is 48.0 Å². The van der Waals surface area contributed by atoms with Crippen molar-refractivity contribution >= 4 is 17.9 Å². The number of rotatable bonds is 9. The predicted octanol–water partition coefficient (Wildman–Crippen LogP) is 4.70. The summed E-state index contributed by atoms with van der Waals surface area (Å²) in [6.07, 6.45) is 4.50. The molecule has 1 aliphatic heterocycles. The van der Waals surface area contributed by atoms with E-state index in [0.29, 0.717) is 5.92 Å². The number of hydrogen-bond acceptors (Lipinski definition) is 7. The molecule has 6 atom stereocenters. The van der Waals surface area contributed by atoms with Crippen LogP contribution in [0.15, 0.2) is 0 Å². The van der Waals surface area contributed by atoms with Crippen molar-refractivity contribution in [2.45, 2.75) is 99.2 Å². The molecule has 0 amide bonds. The van der Waals surface area contributed by atoms with Gasteiger partial charge in [-0.15, -0.1) is 0 Å². The fraction of sp³-hybridized carbons (Fsp3) is 0.889. The van der Waals surface area contributed by atoms with Crippen LogP contribution in [0.2, 0.25) is 0 Å². The zero-order chi connectivity index (χ0) is 25.3. The quantitative estimate of drug-likeness (QED) is 0.268. The Morgan fingerprint density at radius 1 is 1.09 bits per heavy atom. The van der Waals surface area contributed by atoms with Gasteiger partial charge in [0, 0.05) is 0 Å². The number of carbonyl (C=O) groups is 3. The van der Waals surface area contributed by atoms with E-state index in [2.05, 4.69) is 41.5 Å². The molecule has 7 heteroatoms. The summed E-state index contributed by atoms with van der Waals surface area (Å²) in [6.45, 7) is 14.4. The molecule has 34 heavy (non-hydrogen) atoms. The number of hydrogen-bond donors (Lipinski definition) is 0. The highest BCUT2D eigenvalue weighted by Gasteiger charge is 2.67. The summed E-state index contributed by atoms with van der Waals surface area (Å²) < 4.78 is 22.3. The van der Waals surface area contributed by atoms with Gasteiger partial charge in [-0.05, 0) is 61.7 Å². The van der Waals surface area contributed by atoms with Crippen LogP contribution in [-0.4, -0.2) is 49.9 Å². The standard InChI is InChI=1S/C27H44O7/c1-8-18-11-19-13-20(12-18)23(29)34-17(2)22(19)33-14-21(28)31-9-10-32-24(30)27(15-25(3,4)5)16-26(27,6)7/h17-20,22H,8-16H2,1-7H3. The molecule has 0 radical (unpaired) electrons. The molecule has 0 aromatic rings. The van der Waals surface area contributed by atoms with Gasteiger partial charge in [0.25, 0.3) is 0 Å². The van der Waals surface area contributed by atoms with Crippen LogP contribution in [0.1, 0.15) is 87.0 Å². The second-order valence-electron chi connectivity index (χ2n) is 12.6. The number of esters is 3. The van der Waals surface area contributed by atoms with E-state index in [9.17, 15) is 14.4 Å². The molecule has 0 aromatic heterocycles. The van der Waals surface area contributed by atoms with Crippen molar-refractivity contribution < 1.29 is 33.3 Å². The molecule has 1 saturated heterocycles. The maximum Gasteiger partial charge on any atom is 0.332 e. The highest BCUT2D eigenvalue weighted by atomic mass is 16.6. The second-order valence-corrected chi connectivity index (χ2v) is 12.6. The molecule has 194 valence electrons. The fourth-order valence-corrected chi connectivity index (χ4v) is 6.25. The van der Waals surface area contributed by atoms with E-state index < -0.39 is 17.5 Å². The molecule has 0 spiro atoms. The van der Waals surface area contributed by atoms with Crippen molar-refractivity contribution in [2.24, 2.45) is 34.0 Å². The summed E-state index contributed by atoms with van der Waals surface area (Å²) in [7, 11) is 0. The lowest BCUT2D eigenvalue weighted by Gasteiger charge is -2.34. The summed E-state index contributed by atoms with van der Waals surface area (Å²) in [6, 6.07) is 0. The van der Waals surface area contributed by atoms with Gasteiger partial charge >= 0.3 is 17.9 Å². The summed E-state index contributed by atoms with van der Waals surface area (Å²) in [4.78, 5) is 37.5.